The second-order valence-electron chi connectivity index (χ2n) is 6.91. The maximum atomic E-state index is 12.6. The van der Waals surface area contributed by atoms with E-state index in [4.69, 9.17) is 4.74 Å². The molecule has 1 aliphatic heterocycles. The molecular formula is C22H22N2O3. The topological polar surface area (TPSA) is 62.4 Å². The number of carbonyl (C=O) groups is 1. The Labute approximate surface area is 157 Å². The number of benzene rings is 2. The summed E-state index contributed by atoms with van der Waals surface area (Å²) in [6.45, 7) is 1.40. The molecule has 0 unspecified atom stereocenters. The summed E-state index contributed by atoms with van der Waals surface area (Å²) in [6, 6.07) is 15.7. The molecule has 0 aliphatic carbocycles. The van der Waals surface area contributed by atoms with Gasteiger partial charge in [0.1, 0.15) is 5.75 Å². The van der Waals surface area contributed by atoms with E-state index in [0.717, 1.165) is 23.9 Å². The first-order valence-corrected chi connectivity index (χ1v) is 9.18. The minimum Gasteiger partial charge on any atom is -0.497 e. The predicted octanol–water partition coefficient (Wildman–Crippen LogP) is 3.05. The maximum absolute atomic E-state index is 12.6. The zero-order valence-corrected chi connectivity index (χ0v) is 15.3. The van der Waals surface area contributed by atoms with Crippen LogP contribution in [0.15, 0.2) is 53.3 Å². The molecule has 1 amide bonds. The summed E-state index contributed by atoms with van der Waals surface area (Å²) in [5.41, 5.74) is 3.77. The van der Waals surface area contributed by atoms with Crippen molar-refractivity contribution in [1.29, 1.82) is 0 Å². The summed E-state index contributed by atoms with van der Waals surface area (Å²) in [5.74, 6) is 0.796. The van der Waals surface area contributed by atoms with Crippen LogP contribution in [-0.2, 0) is 24.2 Å². The van der Waals surface area contributed by atoms with E-state index in [-0.39, 0.29) is 11.5 Å². The van der Waals surface area contributed by atoms with E-state index < -0.39 is 0 Å². The maximum Gasteiger partial charge on any atom is 0.251 e. The Bertz CT molecular complexity index is 1050. The van der Waals surface area contributed by atoms with Crippen molar-refractivity contribution in [2.45, 2.75) is 25.8 Å². The number of rotatable bonds is 4. The van der Waals surface area contributed by atoms with Gasteiger partial charge < -0.3 is 14.6 Å². The van der Waals surface area contributed by atoms with E-state index in [1.54, 1.807) is 13.2 Å². The molecule has 0 spiro atoms. The molecule has 5 heteroatoms. The number of aromatic nitrogens is 1. The largest absolute Gasteiger partial charge is 0.497 e. The molecule has 3 aromatic rings. The van der Waals surface area contributed by atoms with Crippen LogP contribution in [0.3, 0.4) is 0 Å². The van der Waals surface area contributed by atoms with Crippen LogP contribution in [0.1, 0.15) is 23.1 Å². The summed E-state index contributed by atoms with van der Waals surface area (Å²) in [4.78, 5) is 29.8. The molecule has 0 fully saturated rings. The molecule has 0 radical (unpaired) electrons. The van der Waals surface area contributed by atoms with Crippen molar-refractivity contribution in [2.24, 2.45) is 0 Å². The number of nitrogens with zero attached hydrogens (tertiary/aromatic N) is 1. The number of nitrogens with one attached hydrogen (secondary N) is 1. The second kappa shape index (κ2) is 7.27. The number of carbonyl (C=O) groups excluding carboxylic acids is 1. The quantitative estimate of drug-likeness (QED) is 0.776. The molecule has 1 aliphatic rings. The molecule has 4 rings (SSSR count). The monoisotopic (exact) mass is 362 g/mol. The van der Waals surface area contributed by atoms with Gasteiger partial charge in [-0.15, -0.1) is 0 Å². The van der Waals surface area contributed by atoms with E-state index in [9.17, 15) is 9.59 Å². The van der Waals surface area contributed by atoms with Crippen LogP contribution in [-0.4, -0.2) is 29.4 Å². The van der Waals surface area contributed by atoms with Crippen molar-refractivity contribution >= 4 is 16.8 Å². The minimum atomic E-state index is -0.146. The van der Waals surface area contributed by atoms with Crippen LogP contribution in [0.5, 0.6) is 5.75 Å². The third-order valence-corrected chi connectivity index (χ3v) is 5.22. The molecule has 5 nitrogen and oxygen atoms in total. The Morgan fingerprint density at radius 1 is 1.15 bits per heavy atom. The van der Waals surface area contributed by atoms with Crippen LogP contribution in [0, 0.1) is 0 Å². The van der Waals surface area contributed by atoms with Crippen molar-refractivity contribution in [3.05, 3.63) is 75.6 Å². The van der Waals surface area contributed by atoms with Gasteiger partial charge in [-0.3, -0.25) is 9.59 Å². The first-order valence-electron chi connectivity index (χ1n) is 9.18. The van der Waals surface area contributed by atoms with E-state index in [1.165, 1.54) is 11.1 Å². The summed E-state index contributed by atoms with van der Waals surface area (Å²) >= 11 is 0. The fourth-order valence-corrected chi connectivity index (χ4v) is 3.65. The van der Waals surface area contributed by atoms with Gasteiger partial charge in [0.25, 0.3) is 5.56 Å². The molecule has 1 aromatic heterocycles. The first kappa shape index (κ1) is 17.3. The van der Waals surface area contributed by atoms with Gasteiger partial charge in [0.2, 0.25) is 5.91 Å². The molecule has 27 heavy (non-hydrogen) atoms. The summed E-state index contributed by atoms with van der Waals surface area (Å²) in [5, 5.41) is 0.935. The van der Waals surface area contributed by atoms with Crippen molar-refractivity contribution in [3.63, 3.8) is 0 Å². The van der Waals surface area contributed by atoms with Crippen molar-refractivity contribution < 1.29 is 9.53 Å². The number of ether oxygens (including phenoxy) is 1. The first-order chi connectivity index (χ1) is 13.1. The summed E-state index contributed by atoms with van der Waals surface area (Å²) in [6.07, 6.45) is 1.67. The Hall–Kier alpha value is -3.08. The Kier molecular flexibility index (Phi) is 4.67. The molecule has 1 N–H and O–H groups in total. The zero-order valence-electron chi connectivity index (χ0n) is 15.3. The second-order valence-corrected chi connectivity index (χ2v) is 6.91. The number of amides is 1. The van der Waals surface area contributed by atoms with Crippen LogP contribution < -0.4 is 10.3 Å². The Balaban J connectivity index is 1.46. The third-order valence-electron chi connectivity index (χ3n) is 5.22. The van der Waals surface area contributed by atoms with Gasteiger partial charge in [0.05, 0.1) is 12.6 Å². The molecule has 0 saturated carbocycles. The molecule has 0 atom stereocenters. The van der Waals surface area contributed by atoms with Crippen LogP contribution in [0.25, 0.3) is 10.9 Å². The van der Waals surface area contributed by atoms with Crippen LogP contribution >= 0.6 is 0 Å². The van der Waals surface area contributed by atoms with Crippen molar-refractivity contribution in [2.75, 3.05) is 13.7 Å². The Morgan fingerprint density at radius 2 is 1.96 bits per heavy atom. The molecule has 138 valence electrons. The highest BCUT2D eigenvalue weighted by atomic mass is 16.5. The highest BCUT2D eigenvalue weighted by Crippen LogP contribution is 2.21. The Morgan fingerprint density at radius 3 is 2.78 bits per heavy atom. The van der Waals surface area contributed by atoms with E-state index >= 15 is 0 Å². The number of fused-ring (bicyclic) bond motifs is 2. The highest BCUT2D eigenvalue weighted by Gasteiger charge is 2.20. The van der Waals surface area contributed by atoms with Crippen molar-refractivity contribution in [3.8, 4) is 5.75 Å². The number of hydrogen-bond acceptors (Lipinski definition) is 3. The number of H-pyrrole nitrogens is 1. The lowest BCUT2D eigenvalue weighted by Gasteiger charge is -2.29. The van der Waals surface area contributed by atoms with Gasteiger partial charge in [-0.05, 0) is 47.6 Å². The van der Waals surface area contributed by atoms with E-state index in [1.807, 2.05) is 35.2 Å². The molecule has 0 saturated heterocycles. The molecule has 2 heterocycles. The lowest BCUT2D eigenvalue weighted by atomic mass is 9.99. The van der Waals surface area contributed by atoms with Crippen LogP contribution in [0.4, 0.5) is 0 Å². The predicted molar refractivity (Wildman–Crippen MR) is 105 cm³/mol. The average Bonchev–Trinajstić information content (AvgIpc) is 2.71. The lowest BCUT2D eigenvalue weighted by Crippen LogP contribution is -2.36. The number of aryl methyl sites for hydroxylation is 1. The van der Waals surface area contributed by atoms with Gasteiger partial charge in [-0.25, -0.2) is 0 Å². The van der Waals surface area contributed by atoms with Crippen molar-refractivity contribution in [1.82, 2.24) is 9.88 Å². The van der Waals surface area contributed by atoms with Gasteiger partial charge >= 0.3 is 0 Å². The lowest BCUT2D eigenvalue weighted by molar-refractivity contribution is -0.132. The number of hydrogen-bond donors (Lipinski definition) is 1. The van der Waals surface area contributed by atoms with Gasteiger partial charge in [-0.2, -0.15) is 0 Å². The average molecular weight is 362 g/mol. The molecule has 2 aromatic carbocycles. The summed E-state index contributed by atoms with van der Waals surface area (Å²) in [7, 11) is 1.60. The zero-order chi connectivity index (χ0) is 18.8. The standard InChI is InChI=1S/C22H22N2O3/c1-27-19-8-6-16-12-17(22(26)23-20(16)13-19)7-9-21(25)24-11-10-15-4-2-3-5-18(15)14-24/h2-6,8,12-13H,7,9-11,14H2,1H3,(H,23,26). The van der Waals surface area contributed by atoms with E-state index in [2.05, 4.69) is 17.1 Å². The normalized spacial score (nSPS) is 13.4. The van der Waals surface area contributed by atoms with E-state index in [0.29, 0.717) is 30.7 Å². The SMILES string of the molecule is COc1ccc2cc(CCC(=O)N3CCc4ccccc4C3)c(=O)[nH]c2c1. The molecule has 0 bridgehead atoms. The fraction of sp³-hybridized carbons (Fsp3) is 0.273. The fourth-order valence-electron chi connectivity index (χ4n) is 3.65. The summed E-state index contributed by atoms with van der Waals surface area (Å²) < 4.78 is 5.19. The van der Waals surface area contributed by atoms with Gasteiger partial charge in [0, 0.05) is 31.1 Å². The van der Waals surface area contributed by atoms with Gasteiger partial charge in [-0.1, -0.05) is 24.3 Å². The van der Waals surface area contributed by atoms with Crippen LogP contribution in [0.2, 0.25) is 0 Å². The number of aromatic amines is 1. The third kappa shape index (κ3) is 3.58. The number of methoxy groups -OCH3 is 1. The van der Waals surface area contributed by atoms with Gasteiger partial charge in [0.15, 0.2) is 0 Å². The highest BCUT2D eigenvalue weighted by molar-refractivity contribution is 5.81. The molecular weight excluding hydrogens is 340 g/mol. The smallest absolute Gasteiger partial charge is 0.251 e. The minimum absolute atomic E-state index is 0.0960. The number of pyridine rings is 1.